The Morgan fingerprint density at radius 2 is 1.90 bits per heavy atom. The monoisotopic (exact) mass is 303 g/mol. The molecule has 6 nitrogen and oxygen atoms in total. The molecule has 2 fully saturated rings. The predicted octanol–water partition coefficient (Wildman–Crippen LogP) is 0.221. The second-order valence-electron chi connectivity index (χ2n) is 5.70. The van der Waals surface area contributed by atoms with Gasteiger partial charge >= 0.3 is 5.97 Å². The Balaban J connectivity index is 2.09. The molecule has 2 aliphatic heterocycles. The molecule has 0 aromatic carbocycles. The lowest BCUT2D eigenvalue weighted by Crippen LogP contribution is -2.44. The van der Waals surface area contributed by atoms with Crippen molar-refractivity contribution >= 4 is 21.7 Å². The van der Waals surface area contributed by atoms with Crippen LogP contribution in [0.25, 0.3) is 0 Å². The van der Waals surface area contributed by atoms with Gasteiger partial charge in [0.05, 0.1) is 18.8 Å². The summed E-state index contributed by atoms with van der Waals surface area (Å²) >= 11 is 0. The average molecular weight is 303 g/mol. The van der Waals surface area contributed by atoms with Gasteiger partial charge in [0, 0.05) is 13.1 Å². The number of sulfone groups is 1. The van der Waals surface area contributed by atoms with Crippen molar-refractivity contribution in [1.29, 1.82) is 0 Å². The van der Waals surface area contributed by atoms with Crippen LogP contribution in [0.4, 0.5) is 0 Å². The van der Waals surface area contributed by atoms with Crippen LogP contribution >= 0.6 is 0 Å². The topological polar surface area (TPSA) is 80.8 Å². The first-order valence-electron chi connectivity index (χ1n) is 6.95. The first kappa shape index (κ1) is 15.3. The van der Waals surface area contributed by atoms with Gasteiger partial charge in [-0.25, -0.2) is 8.42 Å². The molecule has 0 radical (unpaired) electrons. The molecule has 1 amide bonds. The summed E-state index contributed by atoms with van der Waals surface area (Å²) in [5.41, 5.74) is 0. The highest BCUT2D eigenvalue weighted by Crippen LogP contribution is 2.28. The zero-order valence-electron chi connectivity index (χ0n) is 11.9. The molecular formula is C13H21NO5S. The lowest BCUT2D eigenvalue weighted by molar-refractivity contribution is -0.146. The SMILES string of the molecule is COC(=O)C1CN(C(=O)C2CCCCS2(=O)=O)CC1C. The largest absolute Gasteiger partial charge is 0.469 e. The highest BCUT2D eigenvalue weighted by Gasteiger charge is 2.43. The van der Waals surface area contributed by atoms with Crippen LogP contribution in [-0.4, -0.2) is 56.4 Å². The molecule has 3 unspecified atom stereocenters. The molecule has 3 atom stereocenters. The summed E-state index contributed by atoms with van der Waals surface area (Å²) in [6.45, 7) is 2.56. The maximum Gasteiger partial charge on any atom is 0.310 e. The van der Waals surface area contributed by atoms with E-state index in [-0.39, 0.29) is 36.0 Å². The van der Waals surface area contributed by atoms with Gasteiger partial charge in [0.1, 0.15) is 5.25 Å². The van der Waals surface area contributed by atoms with Gasteiger partial charge < -0.3 is 9.64 Å². The van der Waals surface area contributed by atoms with Crippen LogP contribution in [0.1, 0.15) is 26.2 Å². The van der Waals surface area contributed by atoms with E-state index in [1.54, 1.807) is 0 Å². The number of carbonyl (C=O) groups excluding carboxylic acids is 2. The fourth-order valence-electron chi connectivity index (χ4n) is 3.04. The van der Waals surface area contributed by atoms with Crippen LogP contribution in [0.5, 0.6) is 0 Å². The van der Waals surface area contributed by atoms with Gasteiger partial charge in [-0.05, 0) is 18.8 Å². The zero-order valence-corrected chi connectivity index (χ0v) is 12.7. The number of esters is 1. The third-order valence-corrected chi connectivity index (χ3v) is 6.44. The molecule has 2 heterocycles. The fraction of sp³-hybridized carbons (Fsp3) is 0.846. The number of nitrogens with zero attached hydrogens (tertiary/aromatic N) is 1. The molecule has 0 aromatic heterocycles. The molecule has 7 heteroatoms. The minimum Gasteiger partial charge on any atom is -0.469 e. The van der Waals surface area contributed by atoms with Gasteiger partial charge in [0.2, 0.25) is 5.91 Å². The Labute approximate surface area is 119 Å². The van der Waals surface area contributed by atoms with Crippen molar-refractivity contribution in [2.24, 2.45) is 11.8 Å². The van der Waals surface area contributed by atoms with E-state index >= 15 is 0 Å². The zero-order chi connectivity index (χ0) is 14.9. The summed E-state index contributed by atoms with van der Waals surface area (Å²) in [4.78, 5) is 25.5. The van der Waals surface area contributed by atoms with Crippen LogP contribution in [-0.2, 0) is 24.2 Å². The summed E-state index contributed by atoms with van der Waals surface area (Å²) < 4.78 is 28.7. The lowest BCUT2D eigenvalue weighted by Gasteiger charge is -2.26. The van der Waals surface area contributed by atoms with Crippen LogP contribution in [0.3, 0.4) is 0 Å². The van der Waals surface area contributed by atoms with Crippen molar-refractivity contribution in [1.82, 2.24) is 4.90 Å². The van der Waals surface area contributed by atoms with Crippen LogP contribution in [0, 0.1) is 11.8 Å². The Morgan fingerprint density at radius 3 is 2.50 bits per heavy atom. The number of hydrogen-bond donors (Lipinski definition) is 0. The second-order valence-corrected chi connectivity index (χ2v) is 8.00. The normalized spacial score (nSPS) is 32.9. The summed E-state index contributed by atoms with van der Waals surface area (Å²) in [5.74, 6) is -0.942. The quantitative estimate of drug-likeness (QED) is 0.682. The maximum absolute atomic E-state index is 12.4. The van der Waals surface area contributed by atoms with Crippen LogP contribution < -0.4 is 0 Å². The number of hydrogen-bond acceptors (Lipinski definition) is 5. The molecule has 0 bridgehead atoms. The van der Waals surface area contributed by atoms with Gasteiger partial charge in [0.15, 0.2) is 9.84 Å². The number of amides is 1. The van der Waals surface area contributed by atoms with Crippen molar-refractivity contribution in [2.75, 3.05) is 26.0 Å². The Bertz CT molecular complexity index is 501. The minimum absolute atomic E-state index is 0.00213. The molecule has 2 aliphatic rings. The number of likely N-dealkylation sites (tertiary alicyclic amines) is 1. The first-order valence-corrected chi connectivity index (χ1v) is 8.66. The van der Waals surface area contributed by atoms with Crippen LogP contribution in [0.2, 0.25) is 0 Å². The van der Waals surface area contributed by atoms with Crippen molar-refractivity contribution in [3.05, 3.63) is 0 Å². The minimum atomic E-state index is -3.33. The molecule has 2 rings (SSSR count). The average Bonchev–Trinajstić information content (AvgIpc) is 2.79. The Kier molecular flexibility index (Phi) is 4.36. The third-order valence-electron chi connectivity index (χ3n) is 4.28. The smallest absolute Gasteiger partial charge is 0.310 e. The van der Waals surface area contributed by atoms with Gasteiger partial charge in [-0.3, -0.25) is 9.59 Å². The molecule has 0 spiro atoms. The second kappa shape index (κ2) is 5.71. The van der Waals surface area contributed by atoms with Gasteiger partial charge in [0.25, 0.3) is 0 Å². The predicted molar refractivity (Wildman–Crippen MR) is 72.7 cm³/mol. The molecule has 114 valence electrons. The Morgan fingerprint density at radius 1 is 1.20 bits per heavy atom. The summed E-state index contributed by atoms with van der Waals surface area (Å²) in [5, 5.41) is -0.917. The van der Waals surface area contributed by atoms with Crippen molar-refractivity contribution < 1.29 is 22.7 Å². The molecule has 0 N–H and O–H groups in total. The van der Waals surface area contributed by atoms with Crippen LogP contribution in [0.15, 0.2) is 0 Å². The van der Waals surface area contributed by atoms with E-state index in [1.165, 1.54) is 12.0 Å². The summed E-state index contributed by atoms with van der Waals surface area (Å²) in [6, 6.07) is 0. The van der Waals surface area contributed by atoms with Gasteiger partial charge in [-0.2, -0.15) is 0 Å². The molecule has 0 saturated carbocycles. The van der Waals surface area contributed by atoms with E-state index < -0.39 is 15.1 Å². The van der Waals surface area contributed by atoms with Gasteiger partial charge in [-0.15, -0.1) is 0 Å². The summed E-state index contributed by atoms with van der Waals surface area (Å²) in [6.07, 6.45) is 1.79. The summed E-state index contributed by atoms with van der Waals surface area (Å²) in [7, 11) is -2.00. The highest BCUT2D eigenvalue weighted by atomic mass is 32.2. The van der Waals surface area contributed by atoms with E-state index in [0.29, 0.717) is 19.4 Å². The number of rotatable bonds is 2. The lowest BCUT2D eigenvalue weighted by atomic mass is 9.99. The van der Waals surface area contributed by atoms with Crippen molar-refractivity contribution in [2.45, 2.75) is 31.4 Å². The standard InChI is InChI=1S/C13H21NO5S/c1-9-7-14(8-10(9)13(16)19-2)12(15)11-5-3-4-6-20(11,17)18/h9-11H,3-8H2,1-2H3. The molecular weight excluding hydrogens is 282 g/mol. The molecule has 2 saturated heterocycles. The van der Waals surface area contributed by atoms with E-state index in [9.17, 15) is 18.0 Å². The Hall–Kier alpha value is -1.11. The molecule has 0 aromatic rings. The van der Waals surface area contributed by atoms with Crippen molar-refractivity contribution in [3.63, 3.8) is 0 Å². The van der Waals surface area contributed by atoms with Gasteiger partial charge in [-0.1, -0.05) is 13.3 Å². The maximum atomic E-state index is 12.4. The number of ether oxygens (including phenoxy) is 1. The number of carbonyl (C=O) groups is 2. The molecule has 20 heavy (non-hydrogen) atoms. The van der Waals surface area contributed by atoms with Crippen molar-refractivity contribution in [3.8, 4) is 0 Å². The van der Waals surface area contributed by atoms with E-state index in [4.69, 9.17) is 4.74 Å². The van der Waals surface area contributed by atoms with E-state index in [0.717, 1.165) is 6.42 Å². The number of methoxy groups -OCH3 is 1. The van der Waals surface area contributed by atoms with E-state index in [2.05, 4.69) is 0 Å². The highest BCUT2D eigenvalue weighted by molar-refractivity contribution is 7.92. The fourth-order valence-corrected chi connectivity index (χ4v) is 4.91. The van der Waals surface area contributed by atoms with E-state index in [1.807, 2.05) is 6.92 Å². The third kappa shape index (κ3) is 2.82. The molecule has 0 aliphatic carbocycles. The first-order chi connectivity index (χ1) is 9.36.